The maximum absolute atomic E-state index is 5.53. The van der Waals surface area contributed by atoms with E-state index in [-0.39, 0.29) is 5.95 Å². The molecule has 2 heterocycles. The Morgan fingerprint density at radius 1 is 1.38 bits per heavy atom. The summed E-state index contributed by atoms with van der Waals surface area (Å²) in [4.78, 5) is 14.2. The third-order valence-electron chi connectivity index (χ3n) is 2.35. The van der Waals surface area contributed by atoms with E-state index in [1.165, 1.54) is 0 Å². The maximum Gasteiger partial charge on any atom is 0.221 e. The van der Waals surface area contributed by atoms with Crippen LogP contribution < -0.4 is 10.6 Å². The summed E-state index contributed by atoms with van der Waals surface area (Å²) < 4.78 is 1.97. The van der Waals surface area contributed by atoms with Gasteiger partial charge < -0.3 is 15.2 Å². The summed E-state index contributed by atoms with van der Waals surface area (Å²) in [6, 6.07) is 1.82. The highest BCUT2D eigenvalue weighted by molar-refractivity contribution is 5.39. The molecule has 0 unspecified atom stereocenters. The summed E-state index contributed by atoms with van der Waals surface area (Å²) in [6.45, 7) is 0.681. The molecule has 0 radical (unpaired) electrons. The molecule has 0 aliphatic carbocycles. The van der Waals surface area contributed by atoms with E-state index in [9.17, 15) is 0 Å². The Bertz CT molecular complexity index is 478. The predicted molar refractivity (Wildman–Crippen MR) is 61.8 cm³/mol. The van der Waals surface area contributed by atoms with Crippen LogP contribution in [-0.4, -0.2) is 26.6 Å². The van der Waals surface area contributed by atoms with Crippen molar-refractivity contribution in [2.45, 2.75) is 6.54 Å². The number of aryl methyl sites for hydroxylation is 1. The Morgan fingerprint density at radius 2 is 2.19 bits per heavy atom. The van der Waals surface area contributed by atoms with Gasteiger partial charge in [0.15, 0.2) is 0 Å². The maximum atomic E-state index is 5.53. The number of hydrogen-bond acceptors (Lipinski definition) is 5. The molecule has 0 aliphatic heterocycles. The van der Waals surface area contributed by atoms with E-state index < -0.39 is 0 Å². The number of aromatic nitrogens is 4. The molecule has 0 saturated carbocycles. The standard InChI is InChI=1S/C10H14N6/c1-15-6-5-12-9(15)7-16(2)8-3-4-13-10(11)14-8/h3-6H,7H2,1-2H3,(H2,11,13,14). The van der Waals surface area contributed by atoms with Crippen LogP contribution >= 0.6 is 0 Å². The van der Waals surface area contributed by atoms with E-state index >= 15 is 0 Å². The molecular weight excluding hydrogens is 204 g/mol. The lowest BCUT2D eigenvalue weighted by Crippen LogP contribution is -2.20. The van der Waals surface area contributed by atoms with E-state index in [0.29, 0.717) is 6.54 Å². The molecule has 0 spiro atoms. The minimum atomic E-state index is 0.282. The van der Waals surface area contributed by atoms with E-state index in [4.69, 9.17) is 5.73 Å². The molecule has 0 aliphatic rings. The van der Waals surface area contributed by atoms with Crippen LogP contribution in [0.2, 0.25) is 0 Å². The second-order valence-corrected chi connectivity index (χ2v) is 3.58. The molecule has 0 saturated heterocycles. The molecule has 0 fully saturated rings. The number of nitrogens with two attached hydrogens (primary N) is 1. The zero-order valence-corrected chi connectivity index (χ0v) is 9.33. The quantitative estimate of drug-likeness (QED) is 0.808. The minimum Gasteiger partial charge on any atom is -0.368 e. The summed E-state index contributed by atoms with van der Waals surface area (Å²) >= 11 is 0. The largest absolute Gasteiger partial charge is 0.368 e. The van der Waals surface area contributed by atoms with Crippen molar-refractivity contribution < 1.29 is 0 Å². The van der Waals surface area contributed by atoms with Gasteiger partial charge in [-0.25, -0.2) is 9.97 Å². The average Bonchev–Trinajstić information content (AvgIpc) is 2.64. The first kappa shape index (κ1) is 10.4. The average molecular weight is 218 g/mol. The third kappa shape index (κ3) is 2.10. The second-order valence-electron chi connectivity index (χ2n) is 3.58. The summed E-state index contributed by atoms with van der Waals surface area (Å²) in [5.41, 5.74) is 5.53. The van der Waals surface area contributed by atoms with Crippen LogP contribution in [0.5, 0.6) is 0 Å². The molecule has 0 amide bonds. The van der Waals surface area contributed by atoms with Gasteiger partial charge in [0.2, 0.25) is 5.95 Å². The first-order chi connectivity index (χ1) is 7.66. The lowest BCUT2D eigenvalue weighted by molar-refractivity contribution is 0.755. The topological polar surface area (TPSA) is 72.9 Å². The van der Waals surface area contributed by atoms with Gasteiger partial charge in [-0.15, -0.1) is 0 Å². The van der Waals surface area contributed by atoms with Crippen LogP contribution in [0.1, 0.15) is 5.82 Å². The van der Waals surface area contributed by atoms with Gasteiger partial charge in [0, 0.05) is 32.7 Å². The number of anilines is 2. The SMILES string of the molecule is CN(Cc1nccn1C)c1ccnc(N)n1. The highest BCUT2D eigenvalue weighted by atomic mass is 15.2. The van der Waals surface area contributed by atoms with Gasteiger partial charge in [0.1, 0.15) is 11.6 Å². The Hall–Kier alpha value is -2.11. The molecule has 2 aromatic heterocycles. The lowest BCUT2D eigenvalue weighted by atomic mass is 10.4. The Balaban J connectivity index is 2.14. The molecule has 0 atom stereocenters. The van der Waals surface area contributed by atoms with Crippen LogP contribution in [0.25, 0.3) is 0 Å². The highest BCUT2D eigenvalue weighted by Gasteiger charge is 2.07. The number of nitrogen functional groups attached to an aromatic ring is 1. The highest BCUT2D eigenvalue weighted by Crippen LogP contribution is 2.11. The first-order valence-corrected chi connectivity index (χ1v) is 4.92. The predicted octanol–water partition coefficient (Wildman–Crippen LogP) is 0.429. The smallest absolute Gasteiger partial charge is 0.221 e. The van der Waals surface area contributed by atoms with E-state index in [0.717, 1.165) is 11.6 Å². The Morgan fingerprint density at radius 3 is 2.81 bits per heavy atom. The van der Waals surface area contributed by atoms with Gasteiger partial charge in [0.05, 0.1) is 6.54 Å². The molecule has 2 N–H and O–H groups in total. The van der Waals surface area contributed by atoms with Gasteiger partial charge in [-0.05, 0) is 6.07 Å². The number of hydrogen-bond donors (Lipinski definition) is 1. The number of imidazole rings is 1. The van der Waals surface area contributed by atoms with Crippen LogP contribution in [-0.2, 0) is 13.6 Å². The molecule has 84 valence electrons. The Labute approximate surface area is 93.8 Å². The van der Waals surface area contributed by atoms with Gasteiger partial charge in [-0.2, -0.15) is 4.98 Å². The number of rotatable bonds is 3. The number of nitrogens with zero attached hydrogens (tertiary/aromatic N) is 5. The van der Waals surface area contributed by atoms with Crippen LogP contribution in [0.15, 0.2) is 24.7 Å². The Kier molecular flexibility index (Phi) is 2.72. The fourth-order valence-corrected chi connectivity index (χ4v) is 1.42. The van der Waals surface area contributed by atoms with Crippen molar-refractivity contribution in [1.29, 1.82) is 0 Å². The summed E-state index contributed by atoms with van der Waals surface area (Å²) in [5.74, 6) is 2.04. The molecule has 6 nitrogen and oxygen atoms in total. The molecule has 2 rings (SSSR count). The zero-order chi connectivity index (χ0) is 11.5. The lowest BCUT2D eigenvalue weighted by Gasteiger charge is -2.17. The summed E-state index contributed by atoms with van der Waals surface area (Å²) in [6.07, 6.45) is 5.33. The molecule has 0 aromatic carbocycles. The van der Waals surface area contributed by atoms with Crippen molar-refractivity contribution in [3.63, 3.8) is 0 Å². The van der Waals surface area contributed by atoms with Crippen LogP contribution in [0.3, 0.4) is 0 Å². The van der Waals surface area contributed by atoms with Gasteiger partial charge >= 0.3 is 0 Å². The van der Waals surface area contributed by atoms with Crippen molar-refractivity contribution in [3.8, 4) is 0 Å². The van der Waals surface area contributed by atoms with Gasteiger partial charge in [-0.1, -0.05) is 0 Å². The van der Waals surface area contributed by atoms with Crippen molar-refractivity contribution >= 4 is 11.8 Å². The van der Waals surface area contributed by atoms with Gasteiger partial charge in [0.25, 0.3) is 0 Å². The van der Waals surface area contributed by atoms with Gasteiger partial charge in [-0.3, -0.25) is 0 Å². The van der Waals surface area contributed by atoms with E-state index in [1.54, 1.807) is 12.4 Å². The monoisotopic (exact) mass is 218 g/mol. The summed E-state index contributed by atoms with van der Waals surface area (Å²) in [7, 11) is 3.90. The zero-order valence-electron chi connectivity index (χ0n) is 9.33. The first-order valence-electron chi connectivity index (χ1n) is 4.92. The fraction of sp³-hybridized carbons (Fsp3) is 0.300. The normalized spacial score (nSPS) is 10.4. The fourth-order valence-electron chi connectivity index (χ4n) is 1.42. The molecule has 16 heavy (non-hydrogen) atoms. The van der Waals surface area contributed by atoms with Crippen molar-refractivity contribution in [2.24, 2.45) is 7.05 Å². The minimum absolute atomic E-state index is 0.282. The van der Waals surface area contributed by atoms with Crippen LogP contribution in [0, 0.1) is 0 Å². The van der Waals surface area contributed by atoms with Crippen molar-refractivity contribution in [1.82, 2.24) is 19.5 Å². The third-order valence-corrected chi connectivity index (χ3v) is 2.35. The molecule has 6 heteroatoms. The van der Waals surface area contributed by atoms with Crippen molar-refractivity contribution in [3.05, 3.63) is 30.5 Å². The second kappa shape index (κ2) is 4.18. The van der Waals surface area contributed by atoms with E-state index in [1.807, 2.05) is 35.8 Å². The molecular formula is C10H14N6. The summed E-state index contributed by atoms with van der Waals surface area (Å²) in [5, 5.41) is 0. The molecule has 2 aromatic rings. The van der Waals surface area contributed by atoms with E-state index in [2.05, 4.69) is 15.0 Å². The van der Waals surface area contributed by atoms with Crippen molar-refractivity contribution in [2.75, 3.05) is 17.7 Å². The molecule has 0 bridgehead atoms. The van der Waals surface area contributed by atoms with Crippen LogP contribution in [0.4, 0.5) is 11.8 Å².